The molecule has 1 atom stereocenters. The Bertz CT molecular complexity index is 298. The van der Waals surface area contributed by atoms with E-state index in [1.807, 2.05) is 13.8 Å². The summed E-state index contributed by atoms with van der Waals surface area (Å²) < 4.78 is 4.73. The van der Waals surface area contributed by atoms with Crippen molar-refractivity contribution in [2.45, 2.75) is 19.8 Å². The van der Waals surface area contributed by atoms with Gasteiger partial charge in [-0.2, -0.15) is 0 Å². The fraction of sp³-hybridized carbons (Fsp3) is 0.500. The molecule has 0 radical (unpaired) electrons. The van der Waals surface area contributed by atoms with Crippen LogP contribution in [0.1, 0.15) is 25.3 Å². The summed E-state index contributed by atoms with van der Waals surface area (Å²) in [7, 11) is 1.39. The first-order valence-corrected chi connectivity index (χ1v) is 4.49. The molecule has 76 valence electrons. The number of methoxy groups -OCH3 is 1. The molecule has 0 fully saturated rings. The lowest BCUT2D eigenvalue weighted by atomic mass is 9.90. The molecule has 0 aliphatic heterocycles. The Kier molecular flexibility index (Phi) is 3.56. The summed E-state index contributed by atoms with van der Waals surface area (Å²) in [6.07, 6.45) is 4.74. The Hall–Kier alpha value is -1.45. The van der Waals surface area contributed by atoms with Crippen molar-refractivity contribution in [3.8, 4) is 0 Å². The first-order chi connectivity index (χ1) is 6.66. The molecule has 1 heterocycles. The van der Waals surface area contributed by atoms with E-state index >= 15 is 0 Å². The smallest absolute Gasteiger partial charge is 0.313 e. The number of aromatic nitrogens is 2. The summed E-state index contributed by atoms with van der Waals surface area (Å²) in [5.41, 5.74) is 0.800. The number of hydrogen-bond donors (Lipinski definition) is 0. The average molecular weight is 194 g/mol. The molecule has 4 nitrogen and oxygen atoms in total. The molecule has 4 heteroatoms. The fourth-order valence-corrected chi connectivity index (χ4v) is 1.39. The zero-order valence-corrected chi connectivity index (χ0v) is 8.60. The lowest BCUT2D eigenvalue weighted by Crippen LogP contribution is -2.19. The van der Waals surface area contributed by atoms with Gasteiger partial charge in [-0.1, -0.05) is 13.8 Å². The predicted molar refractivity (Wildman–Crippen MR) is 51.6 cm³/mol. The second-order valence-corrected chi connectivity index (χ2v) is 3.42. The van der Waals surface area contributed by atoms with Crippen LogP contribution < -0.4 is 0 Å². The Labute approximate surface area is 83.3 Å². The highest BCUT2D eigenvalue weighted by Gasteiger charge is 2.25. The molecule has 1 rings (SSSR count). The van der Waals surface area contributed by atoms with Gasteiger partial charge in [0.1, 0.15) is 6.33 Å². The number of nitrogens with zero attached hydrogens (tertiary/aromatic N) is 2. The molecule has 1 unspecified atom stereocenters. The van der Waals surface area contributed by atoms with Crippen LogP contribution in [0.5, 0.6) is 0 Å². The fourth-order valence-electron chi connectivity index (χ4n) is 1.39. The molecule has 0 N–H and O–H groups in total. The summed E-state index contributed by atoms with van der Waals surface area (Å²) in [6, 6.07) is 0. The van der Waals surface area contributed by atoms with Gasteiger partial charge in [-0.3, -0.25) is 4.79 Å². The summed E-state index contributed by atoms with van der Waals surface area (Å²) in [6.45, 7) is 3.93. The highest BCUT2D eigenvalue weighted by Crippen LogP contribution is 2.24. The first kappa shape index (κ1) is 10.6. The third-order valence-electron chi connectivity index (χ3n) is 2.06. The van der Waals surface area contributed by atoms with Gasteiger partial charge in [0, 0.05) is 18.0 Å². The highest BCUT2D eigenvalue weighted by atomic mass is 16.5. The van der Waals surface area contributed by atoms with E-state index in [1.54, 1.807) is 12.4 Å². The summed E-state index contributed by atoms with van der Waals surface area (Å²) in [5, 5.41) is 0. The predicted octanol–water partition coefficient (Wildman–Crippen LogP) is 1.39. The Balaban J connectivity index is 2.95. The van der Waals surface area contributed by atoms with Crippen molar-refractivity contribution >= 4 is 5.97 Å². The zero-order valence-electron chi connectivity index (χ0n) is 8.60. The van der Waals surface area contributed by atoms with E-state index in [-0.39, 0.29) is 17.8 Å². The average Bonchev–Trinajstić information content (AvgIpc) is 2.19. The molecule has 0 amide bonds. The van der Waals surface area contributed by atoms with Crippen LogP contribution in [0.4, 0.5) is 0 Å². The van der Waals surface area contributed by atoms with Crippen molar-refractivity contribution in [3.05, 3.63) is 24.3 Å². The quantitative estimate of drug-likeness (QED) is 0.682. The van der Waals surface area contributed by atoms with Crippen LogP contribution in [0.25, 0.3) is 0 Å². The van der Waals surface area contributed by atoms with Crippen LogP contribution in [0.2, 0.25) is 0 Å². The van der Waals surface area contributed by atoms with Gasteiger partial charge in [-0.15, -0.1) is 0 Å². The van der Waals surface area contributed by atoms with E-state index in [0.717, 1.165) is 5.56 Å². The first-order valence-electron chi connectivity index (χ1n) is 4.49. The monoisotopic (exact) mass is 194 g/mol. The third kappa shape index (κ3) is 2.28. The molecule has 0 aliphatic carbocycles. The minimum atomic E-state index is -0.277. The van der Waals surface area contributed by atoms with Crippen molar-refractivity contribution in [3.63, 3.8) is 0 Å². The molecular weight excluding hydrogens is 180 g/mol. The third-order valence-corrected chi connectivity index (χ3v) is 2.06. The maximum Gasteiger partial charge on any atom is 0.313 e. The van der Waals surface area contributed by atoms with E-state index in [9.17, 15) is 4.79 Å². The van der Waals surface area contributed by atoms with Crippen LogP contribution in [0.3, 0.4) is 0 Å². The van der Waals surface area contributed by atoms with Crippen molar-refractivity contribution in [2.75, 3.05) is 7.11 Å². The molecule has 0 spiro atoms. The van der Waals surface area contributed by atoms with Crippen LogP contribution in [0, 0.1) is 5.92 Å². The maximum absolute atomic E-state index is 11.5. The summed E-state index contributed by atoms with van der Waals surface area (Å²) in [4.78, 5) is 19.2. The molecule has 0 aromatic carbocycles. The maximum atomic E-state index is 11.5. The second-order valence-electron chi connectivity index (χ2n) is 3.42. The minimum Gasteiger partial charge on any atom is -0.469 e. The van der Waals surface area contributed by atoms with Gasteiger partial charge < -0.3 is 4.74 Å². The molecule has 0 bridgehead atoms. The molecular formula is C10H14N2O2. The number of esters is 1. The van der Waals surface area contributed by atoms with Gasteiger partial charge in [-0.05, 0) is 5.92 Å². The van der Waals surface area contributed by atoms with Gasteiger partial charge in [0.15, 0.2) is 0 Å². The van der Waals surface area contributed by atoms with Crippen molar-refractivity contribution in [2.24, 2.45) is 5.92 Å². The lowest BCUT2D eigenvalue weighted by molar-refractivity contribution is -0.143. The minimum absolute atomic E-state index is 0.174. The lowest BCUT2D eigenvalue weighted by Gasteiger charge is -2.17. The van der Waals surface area contributed by atoms with E-state index in [2.05, 4.69) is 9.97 Å². The molecule has 0 aliphatic rings. The standard InChI is InChI=1S/C10H14N2O2/c1-7(2)9(10(13)14-3)8-4-11-6-12-5-8/h4-7,9H,1-3H3. The van der Waals surface area contributed by atoms with Gasteiger partial charge in [-0.25, -0.2) is 9.97 Å². The van der Waals surface area contributed by atoms with Gasteiger partial charge >= 0.3 is 5.97 Å². The van der Waals surface area contributed by atoms with Crippen molar-refractivity contribution in [1.82, 2.24) is 9.97 Å². The zero-order chi connectivity index (χ0) is 10.6. The van der Waals surface area contributed by atoms with E-state index in [0.29, 0.717) is 0 Å². The molecule has 0 saturated carbocycles. The van der Waals surface area contributed by atoms with Gasteiger partial charge in [0.05, 0.1) is 13.0 Å². The molecule has 1 aromatic heterocycles. The molecule has 1 aromatic rings. The largest absolute Gasteiger partial charge is 0.469 e. The number of ether oxygens (including phenoxy) is 1. The van der Waals surface area contributed by atoms with Crippen LogP contribution in [-0.2, 0) is 9.53 Å². The van der Waals surface area contributed by atoms with Crippen LogP contribution in [-0.4, -0.2) is 23.0 Å². The topological polar surface area (TPSA) is 52.1 Å². The Morgan fingerprint density at radius 1 is 1.36 bits per heavy atom. The number of hydrogen-bond acceptors (Lipinski definition) is 4. The SMILES string of the molecule is COC(=O)C(c1cncnc1)C(C)C. The van der Waals surface area contributed by atoms with E-state index < -0.39 is 0 Å². The van der Waals surface area contributed by atoms with E-state index in [1.165, 1.54) is 13.4 Å². The number of carbonyl (C=O) groups excluding carboxylic acids is 1. The summed E-state index contributed by atoms with van der Waals surface area (Å²) >= 11 is 0. The van der Waals surface area contributed by atoms with Crippen molar-refractivity contribution < 1.29 is 9.53 Å². The highest BCUT2D eigenvalue weighted by molar-refractivity contribution is 5.78. The normalized spacial score (nSPS) is 12.6. The van der Waals surface area contributed by atoms with E-state index in [4.69, 9.17) is 4.74 Å². The second kappa shape index (κ2) is 4.69. The summed E-state index contributed by atoms with van der Waals surface area (Å²) in [5.74, 6) is -0.343. The molecule has 14 heavy (non-hydrogen) atoms. The van der Waals surface area contributed by atoms with Crippen molar-refractivity contribution in [1.29, 1.82) is 0 Å². The number of carbonyl (C=O) groups is 1. The Morgan fingerprint density at radius 2 is 1.93 bits per heavy atom. The van der Waals surface area contributed by atoms with Crippen LogP contribution >= 0.6 is 0 Å². The molecule has 0 saturated heterocycles. The van der Waals surface area contributed by atoms with Crippen LogP contribution in [0.15, 0.2) is 18.7 Å². The van der Waals surface area contributed by atoms with Gasteiger partial charge in [0.2, 0.25) is 0 Å². The Morgan fingerprint density at radius 3 is 2.36 bits per heavy atom. The van der Waals surface area contributed by atoms with Gasteiger partial charge in [0.25, 0.3) is 0 Å². The number of rotatable bonds is 3.